The van der Waals surface area contributed by atoms with Crippen LogP contribution in [0.5, 0.6) is 0 Å². The molecule has 0 bridgehead atoms. The number of hydrogen-bond donors (Lipinski definition) is 0. The summed E-state index contributed by atoms with van der Waals surface area (Å²) < 4.78 is 29.1. The normalized spacial score (nSPS) is 17.9. The summed E-state index contributed by atoms with van der Waals surface area (Å²) in [6.45, 7) is 0.522. The number of halogens is 1. The lowest BCUT2D eigenvalue weighted by molar-refractivity contribution is 0.434. The van der Waals surface area contributed by atoms with Gasteiger partial charge in [0.05, 0.1) is 10.3 Å². The van der Waals surface area contributed by atoms with E-state index in [1.165, 1.54) is 0 Å². The molecule has 27 heavy (non-hydrogen) atoms. The van der Waals surface area contributed by atoms with Crippen molar-refractivity contribution >= 4 is 37.7 Å². The van der Waals surface area contributed by atoms with E-state index < -0.39 is 10.0 Å². The van der Waals surface area contributed by atoms with E-state index in [1.54, 1.807) is 28.2 Å². The molecule has 0 saturated carbocycles. The lowest BCUT2D eigenvalue weighted by atomic mass is 10.1. The molecule has 138 valence electrons. The summed E-state index contributed by atoms with van der Waals surface area (Å²) in [5.41, 5.74) is 3.09. The summed E-state index contributed by atoms with van der Waals surface area (Å²) in [4.78, 5) is 0.340. The average molecular weight is 460 g/mol. The summed E-state index contributed by atoms with van der Waals surface area (Å²) in [6, 6.07) is 25.0. The van der Waals surface area contributed by atoms with Crippen molar-refractivity contribution in [3.8, 4) is 11.1 Å². The quantitative estimate of drug-likeness (QED) is 0.512. The van der Waals surface area contributed by atoms with Crippen LogP contribution in [0.15, 0.2) is 88.2 Å². The van der Waals surface area contributed by atoms with Crippen LogP contribution in [0, 0.1) is 0 Å². The second-order valence-corrected chi connectivity index (χ2v) is 10.3. The summed E-state index contributed by atoms with van der Waals surface area (Å²) in [6.07, 6.45) is 0. The molecule has 3 aromatic rings. The third-order valence-corrected chi connectivity index (χ3v) is 8.37. The van der Waals surface area contributed by atoms with Crippen LogP contribution in [0.2, 0.25) is 0 Å². The maximum absolute atomic E-state index is 13.2. The third-order valence-electron chi connectivity index (χ3n) is 4.57. The second-order valence-electron chi connectivity index (χ2n) is 6.28. The Morgan fingerprint density at radius 3 is 2.15 bits per heavy atom. The monoisotopic (exact) mass is 459 g/mol. The van der Waals surface area contributed by atoms with Crippen LogP contribution in [-0.2, 0) is 10.0 Å². The maximum atomic E-state index is 13.2. The Bertz CT molecular complexity index is 1020. The SMILES string of the molecule is O=S(=O)(c1ccc(-c2ccccc2)cc1)N1CCS[C@@H]1c1ccc(Br)cc1. The molecule has 4 rings (SSSR count). The van der Waals surface area contributed by atoms with Crippen molar-refractivity contribution in [2.24, 2.45) is 0 Å². The Balaban J connectivity index is 1.63. The highest BCUT2D eigenvalue weighted by atomic mass is 79.9. The number of benzene rings is 3. The predicted molar refractivity (Wildman–Crippen MR) is 115 cm³/mol. The number of nitrogens with zero attached hydrogens (tertiary/aromatic N) is 1. The molecule has 0 unspecified atom stereocenters. The zero-order valence-electron chi connectivity index (χ0n) is 14.5. The van der Waals surface area contributed by atoms with Crippen LogP contribution in [-0.4, -0.2) is 25.0 Å². The van der Waals surface area contributed by atoms with Crippen LogP contribution >= 0.6 is 27.7 Å². The number of hydrogen-bond acceptors (Lipinski definition) is 3. The van der Waals surface area contributed by atoms with Crippen LogP contribution in [0.3, 0.4) is 0 Å². The van der Waals surface area contributed by atoms with Crippen LogP contribution in [0.1, 0.15) is 10.9 Å². The van der Waals surface area contributed by atoms with Crippen molar-refractivity contribution in [2.45, 2.75) is 10.3 Å². The van der Waals surface area contributed by atoms with E-state index in [9.17, 15) is 8.42 Å². The van der Waals surface area contributed by atoms with Gasteiger partial charge in [-0.25, -0.2) is 8.42 Å². The zero-order chi connectivity index (χ0) is 18.9. The van der Waals surface area contributed by atoms with Crippen molar-refractivity contribution in [2.75, 3.05) is 12.3 Å². The van der Waals surface area contributed by atoms with E-state index >= 15 is 0 Å². The van der Waals surface area contributed by atoms with Gasteiger partial charge in [0.1, 0.15) is 0 Å². The van der Waals surface area contributed by atoms with Gasteiger partial charge >= 0.3 is 0 Å². The van der Waals surface area contributed by atoms with Crippen molar-refractivity contribution in [1.82, 2.24) is 4.31 Å². The molecule has 0 amide bonds. The highest BCUT2D eigenvalue weighted by Crippen LogP contribution is 2.41. The van der Waals surface area contributed by atoms with Gasteiger partial charge in [0, 0.05) is 16.8 Å². The molecular formula is C21H18BrNO2S2. The zero-order valence-corrected chi connectivity index (χ0v) is 17.7. The molecule has 0 aromatic heterocycles. The van der Waals surface area contributed by atoms with E-state index in [0.29, 0.717) is 11.4 Å². The molecule has 0 aliphatic carbocycles. The first-order valence-electron chi connectivity index (χ1n) is 8.60. The molecule has 3 aromatic carbocycles. The molecule has 0 N–H and O–H groups in total. The summed E-state index contributed by atoms with van der Waals surface area (Å²) in [5.74, 6) is 0.794. The minimum Gasteiger partial charge on any atom is -0.207 e. The van der Waals surface area contributed by atoms with Gasteiger partial charge in [-0.2, -0.15) is 4.31 Å². The lowest BCUT2D eigenvalue weighted by Gasteiger charge is -2.23. The van der Waals surface area contributed by atoms with Crippen molar-refractivity contribution in [3.63, 3.8) is 0 Å². The van der Waals surface area contributed by atoms with Crippen LogP contribution < -0.4 is 0 Å². The smallest absolute Gasteiger partial charge is 0.207 e. The minimum atomic E-state index is -3.54. The Hall–Kier alpha value is -1.60. The fraction of sp³-hybridized carbons (Fsp3) is 0.143. The third kappa shape index (κ3) is 3.85. The number of rotatable bonds is 4. The second kappa shape index (κ2) is 7.80. The molecule has 3 nitrogen and oxygen atoms in total. The molecule has 0 radical (unpaired) electrons. The lowest BCUT2D eigenvalue weighted by Crippen LogP contribution is -2.30. The Morgan fingerprint density at radius 2 is 1.48 bits per heavy atom. The van der Waals surface area contributed by atoms with Gasteiger partial charge in [-0.3, -0.25) is 0 Å². The molecule has 1 fully saturated rings. The minimum absolute atomic E-state index is 0.183. The Labute approximate surface area is 172 Å². The molecule has 1 saturated heterocycles. The van der Waals surface area contributed by atoms with Crippen LogP contribution in [0.25, 0.3) is 11.1 Å². The highest BCUT2D eigenvalue weighted by Gasteiger charge is 2.36. The van der Waals surface area contributed by atoms with Gasteiger partial charge in [0.15, 0.2) is 0 Å². The van der Waals surface area contributed by atoms with Gasteiger partial charge in [-0.1, -0.05) is 70.5 Å². The molecular weight excluding hydrogens is 442 g/mol. The maximum Gasteiger partial charge on any atom is 0.244 e. The molecule has 0 spiro atoms. The van der Waals surface area contributed by atoms with Crippen LogP contribution in [0.4, 0.5) is 0 Å². The van der Waals surface area contributed by atoms with Crippen molar-refractivity contribution < 1.29 is 8.42 Å². The van der Waals surface area contributed by atoms with E-state index in [1.807, 2.05) is 66.7 Å². The Morgan fingerprint density at radius 1 is 0.852 bits per heavy atom. The van der Waals surface area contributed by atoms with E-state index in [0.717, 1.165) is 26.9 Å². The Kier molecular flexibility index (Phi) is 5.41. The van der Waals surface area contributed by atoms with E-state index in [2.05, 4.69) is 15.9 Å². The molecule has 1 atom stereocenters. The average Bonchev–Trinajstić information content (AvgIpc) is 3.20. The predicted octanol–water partition coefficient (Wildman–Crippen LogP) is 5.55. The summed E-state index contributed by atoms with van der Waals surface area (Å²) >= 11 is 5.10. The van der Waals surface area contributed by atoms with Gasteiger partial charge in [-0.05, 0) is 41.0 Å². The molecule has 1 aliphatic rings. The van der Waals surface area contributed by atoms with Crippen molar-refractivity contribution in [3.05, 3.63) is 88.9 Å². The molecule has 1 heterocycles. The first kappa shape index (κ1) is 18.7. The van der Waals surface area contributed by atoms with E-state index in [-0.39, 0.29) is 5.37 Å². The van der Waals surface area contributed by atoms with E-state index in [4.69, 9.17) is 0 Å². The summed E-state index contributed by atoms with van der Waals surface area (Å²) in [5, 5.41) is -0.183. The van der Waals surface area contributed by atoms with Crippen molar-refractivity contribution in [1.29, 1.82) is 0 Å². The largest absolute Gasteiger partial charge is 0.244 e. The van der Waals surface area contributed by atoms with Gasteiger partial charge < -0.3 is 0 Å². The number of sulfonamides is 1. The molecule has 1 aliphatic heterocycles. The number of thioether (sulfide) groups is 1. The molecule has 6 heteroatoms. The highest BCUT2D eigenvalue weighted by molar-refractivity contribution is 9.10. The summed E-state index contributed by atoms with van der Waals surface area (Å²) in [7, 11) is -3.54. The first-order valence-corrected chi connectivity index (χ1v) is 11.9. The first-order chi connectivity index (χ1) is 13.1. The fourth-order valence-corrected chi connectivity index (χ4v) is 6.68. The topological polar surface area (TPSA) is 37.4 Å². The van der Waals surface area contributed by atoms with Gasteiger partial charge in [0.2, 0.25) is 10.0 Å². The standard InChI is InChI=1S/C21H18BrNO2S2/c22-19-10-6-18(7-11-19)21-23(14-15-26-21)27(24,25)20-12-8-17(9-13-20)16-4-2-1-3-5-16/h1-13,21H,14-15H2/t21-/m1/s1. The van der Waals surface area contributed by atoms with Gasteiger partial charge in [-0.15, -0.1) is 11.8 Å². The fourth-order valence-electron chi connectivity index (χ4n) is 3.18. The van der Waals surface area contributed by atoms with Gasteiger partial charge in [0.25, 0.3) is 0 Å².